The van der Waals surface area contributed by atoms with Crippen LogP contribution in [0.1, 0.15) is 58.3 Å². The summed E-state index contributed by atoms with van der Waals surface area (Å²) < 4.78 is 5.67. The maximum atomic E-state index is 5.67. The summed E-state index contributed by atoms with van der Waals surface area (Å²) in [6.45, 7) is 2.98. The molecule has 0 aromatic carbocycles. The van der Waals surface area contributed by atoms with Crippen molar-refractivity contribution in [1.29, 1.82) is 0 Å². The van der Waals surface area contributed by atoms with E-state index in [1.54, 1.807) is 0 Å². The fourth-order valence-electron chi connectivity index (χ4n) is 3.06. The molecule has 0 atom stereocenters. The molecule has 2 aliphatic rings. The molecule has 0 bridgehead atoms. The quantitative estimate of drug-likeness (QED) is 0.772. The smallest absolute Gasteiger partial charge is 0.0576 e. The van der Waals surface area contributed by atoms with Crippen LogP contribution in [-0.4, -0.2) is 24.8 Å². The third kappa shape index (κ3) is 3.46. The largest absolute Gasteiger partial charge is 0.379 e. The van der Waals surface area contributed by atoms with E-state index < -0.39 is 0 Å². The fraction of sp³-hybridized carbons (Fsp3) is 1.00. The number of rotatable bonds is 4. The van der Waals surface area contributed by atoms with Crippen molar-refractivity contribution in [3.8, 4) is 0 Å². The van der Waals surface area contributed by atoms with Gasteiger partial charge >= 0.3 is 0 Å². The second kappa shape index (κ2) is 5.86. The molecule has 2 saturated carbocycles. The van der Waals surface area contributed by atoms with Crippen LogP contribution < -0.4 is 5.32 Å². The van der Waals surface area contributed by atoms with Gasteiger partial charge in [0.05, 0.1) is 6.10 Å². The zero-order chi connectivity index (χ0) is 10.5. The zero-order valence-corrected chi connectivity index (χ0v) is 10.0. The lowest BCUT2D eigenvalue weighted by Crippen LogP contribution is -2.40. The van der Waals surface area contributed by atoms with E-state index in [1.165, 1.54) is 51.4 Å². The van der Waals surface area contributed by atoms with Gasteiger partial charge in [-0.15, -0.1) is 0 Å². The lowest BCUT2D eigenvalue weighted by Gasteiger charge is -2.31. The van der Waals surface area contributed by atoms with Gasteiger partial charge in [-0.2, -0.15) is 0 Å². The Morgan fingerprint density at radius 2 is 1.53 bits per heavy atom. The molecule has 2 rings (SSSR count). The lowest BCUT2D eigenvalue weighted by atomic mass is 9.92. The molecule has 2 aliphatic carbocycles. The van der Waals surface area contributed by atoms with E-state index in [1.807, 2.05) is 0 Å². The van der Waals surface area contributed by atoms with Gasteiger partial charge in [0, 0.05) is 18.7 Å². The van der Waals surface area contributed by atoms with Crippen molar-refractivity contribution < 1.29 is 4.74 Å². The Balaban J connectivity index is 1.64. The van der Waals surface area contributed by atoms with Crippen molar-refractivity contribution in [2.45, 2.75) is 76.5 Å². The predicted octanol–water partition coefficient (Wildman–Crippen LogP) is 2.87. The van der Waals surface area contributed by atoms with Crippen LogP contribution in [0.5, 0.6) is 0 Å². The van der Waals surface area contributed by atoms with Crippen LogP contribution in [0.3, 0.4) is 0 Å². The summed E-state index contributed by atoms with van der Waals surface area (Å²) in [7, 11) is 0. The summed E-state index contributed by atoms with van der Waals surface area (Å²) >= 11 is 0. The average Bonchev–Trinajstić information content (AvgIpc) is 2.74. The molecule has 0 spiro atoms. The monoisotopic (exact) mass is 211 g/mol. The van der Waals surface area contributed by atoms with Crippen molar-refractivity contribution in [2.24, 2.45) is 0 Å². The minimum absolute atomic E-state index is 0.552. The van der Waals surface area contributed by atoms with Crippen molar-refractivity contribution >= 4 is 0 Å². The Kier molecular flexibility index (Phi) is 4.45. The van der Waals surface area contributed by atoms with Crippen LogP contribution in [-0.2, 0) is 4.74 Å². The Hall–Kier alpha value is -0.0800. The summed E-state index contributed by atoms with van der Waals surface area (Å²) in [5.41, 5.74) is 0. The molecule has 0 saturated heterocycles. The van der Waals surface area contributed by atoms with Gasteiger partial charge in [0.2, 0.25) is 0 Å². The second-order valence-corrected chi connectivity index (χ2v) is 5.08. The summed E-state index contributed by atoms with van der Waals surface area (Å²) in [5, 5.41) is 3.82. The van der Waals surface area contributed by atoms with E-state index in [9.17, 15) is 0 Å². The SMILES string of the molecule is CCO[C@H]1CC[C@H](NC2CCCC2)CC1. The van der Waals surface area contributed by atoms with Gasteiger partial charge < -0.3 is 10.1 Å². The minimum Gasteiger partial charge on any atom is -0.379 e. The second-order valence-electron chi connectivity index (χ2n) is 5.08. The highest BCUT2D eigenvalue weighted by atomic mass is 16.5. The average molecular weight is 211 g/mol. The molecule has 1 N–H and O–H groups in total. The van der Waals surface area contributed by atoms with E-state index in [0.717, 1.165) is 18.7 Å². The molecule has 0 aromatic rings. The molecule has 0 heterocycles. The Morgan fingerprint density at radius 1 is 0.933 bits per heavy atom. The lowest BCUT2D eigenvalue weighted by molar-refractivity contribution is 0.0295. The van der Waals surface area contributed by atoms with E-state index in [4.69, 9.17) is 4.74 Å². The van der Waals surface area contributed by atoms with Gasteiger partial charge in [0.1, 0.15) is 0 Å². The maximum Gasteiger partial charge on any atom is 0.0576 e. The van der Waals surface area contributed by atoms with E-state index in [0.29, 0.717) is 6.10 Å². The van der Waals surface area contributed by atoms with Crippen molar-refractivity contribution in [3.05, 3.63) is 0 Å². The molecular formula is C13H25NO. The number of hydrogen-bond donors (Lipinski definition) is 1. The first-order valence-electron chi connectivity index (χ1n) is 6.76. The topological polar surface area (TPSA) is 21.3 Å². The zero-order valence-electron chi connectivity index (χ0n) is 10.0. The van der Waals surface area contributed by atoms with Crippen LogP contribution in [0.4, 0.5) is 0 Å². The van der Waals surface area contributed by atoms with E-state index >= 15 is 0 Å². The first kappa shape index (κ1) is 11.4. The van der Waals surface area contributed by atoms with Crippen LogP contribution in [0.2, 0.25) is 0 Å². The fourth-order valence-corrected chi connectivity index (χ4v) is 3.06. The van der Waals surface area contributed by atoms with Gasteiger partial charge in [-0.3, -0.25) is 0 Å². The molecule has 2 fully saturated rings. The highest BCUT2D eigenvalue weighted by molar-refractivity contribution is 4.83. The van der Waals surface area contributed by atoms with Gasteiger partial charge in [-0.25, -0.2) is 0 Å². The third-order valence-electron chi connectivity index (χ3n) is 3.90. The summed E-state index contributed by atoms with van der Waals surface area (Å²) in [6.07, 6.45) is 11.4. The number of nitrogens with one attached hydrogen (secondary N) is 1. The van der Waals surface area contributed by atoms with Crippen LogP contribution >= 0.6 is 0 Å². The molecule has 2 heteroatoms. The molecular weight excluding hydrogens is 186 g/mol. The highest BCUT2D eigenvalue weighted by Gasteiger charge is 2.24. The molecule has 0 unspecified atom stereocenters. The van der Waals surface area contributed by atoms with Gasteiger partial charge in [-0.1, -0.05) is 12.8 Å². The number of hydrogen-bond acceptors (Lipinski definition) is 2. The van der Waals surface area contributed by atoms with Crippen molar-refractivity contribution in [3.63, 3.8) is 0 Å². The minimum atomic E-state index is 0.552. The molecule has 15 heavy (non-hydrogen) atoms. The Morgan fingerprint density at radius 3 is 2.13 bits per heavy atom. The van der Waals surface area contributed by atoms with E-state index in [2.05, 4.69) is 12.2 Å². The van der Waals surface area contributed by atoms with Crippen molar-refractivity contribution in [2.75, 3.05) is 6.61 Å². The maximum absolute atomic E-state index is 5.67. The molecule has 0 radical (unpaired) electrons. The molecule has 0 amide bonds. The van der Waals surface area contributed by atoms with Gasteiger partial charge in [0.25, 0.3) is 0 Å². The van der Waals surface area contributed by atoms with E-state index in [-0.39, 0.29) is 0 Å². The number of ether oxygens (including phenoxy) is 1. The first-order valence-corrected chi connectivity index (χ1v) is 6.76. The normalized spacial score (nSPS) is 33.4. The third-order valence-corrected chi connectivity index (χ3v) is 3.90. The standard InChI is InChI=1S/C13H25NO/c1-2-15-13-9-7-12(8-10-13)14-11-5-3-4-6-11/h11-14H,2-10H2,1H3/t12-,13-. The summed E-state index contributed by atoms with van der Waals surface area (Å²) in [6, 6.07) is 1.61. The predicted molar refractivity (Wildman–Crippen MR) is 63.1 cm³/mol. The van der Waals surface area contributed by atoms with Crippen molar-refractivity contribution in [1.82, 2.24) is 5.32 Å². The molecule has 0 aromatic heterocycles. The molecule has 88 valence electrons. The van der Waals surface area contributed by atoms with Crippen LogP contribution in [0.15, 0.2) is 0 Å². The van der Waals surface area contributed by atoms with Gasteiger partial charge in [-0.05, 0) is 45.4 Å². The van der Waals surface area contributed by atoms with Gasteiger partial charge in [0.15, 0.2) is 0 Å². The van der Waals surface area contributed by atoms with Crippen LogP contribution in [0, 0.1) is 0 Å². The Labute approximate surface area is 93.8 Å². The highest BCUT2D eigenvalue weighted by Crippen LogP contribution is 2.24. The molecule has 0 aliphatic heterocycles. The van der Waals surface area contributed by atoms with Crippen LogP contribution in [0.25, 0.3) is 0 Å². The Bertz CT molecular complexity index is 169. The molecule has 2 nitrogen and oxygen atoms in total. The first-order chi connectivity index (χ1) is 7.38. The summed E-state index contributed by atoms with van der Waals surface area (Å²) in [4.78, 5) is 0. The summed E-state index contributed by atoms with van der Waals surface area (Å²) in [5.74, 6) is 0.